The number of nitrogens with one attached hydrogen (secondary N) is 1. The van der Waals surface area contributed by atoms with Gasteiger partial charge < -0.3 is 10.1 Å². The van der Waals surface area contributed by atoms with Crippen LogP contribution in [0.5, 0.6) is 5.75 Å². The van der Waals surface area contributed by atoms with Crippen LogP contribution in [0, 0.1) is 6.92 Å². The molecule has 0 aliphatic rings. The van der Waals surface area contributed by atoms with Crippen molar-refractivity contribution in [2.24, 2.45) is 0 Å². The van der Waals surface area contributed by atoms with Gasteiger partial charge in [0.15, 0.2) is 0 Å². The largest absolute Gasteiger partial charge is 0.497 e. The highest BCUT2D eigenvalue weighted by atomic mass is 16.5. The Kier molecular flexibility index (Phi) is 4.75. The molecule has 3 rings (SSSR count). The molecule has 4 nitrogen and oxygen atoms in total. The molecule has 0 unspecified atom stereocenters. The van der Waals surface area contributed by atoms with E-state index in [1.54, 1.807) is 7.11 Å². The molecule has 2 aromatic carbocycles. The van der Waals surface area contributed by atoms with Crippen LogP contribution in [0.3, 0.4) is 0 Å². The maximum Gasteiger partial charge on any atom is 0.252 e. The summed E-state index contributed by atoms with van der Waals surface area (Å²) in [6.07, 6.45) is 0.776. The number of carbonyl (C=O) groups is 1. The Labute approximate surface area is 141 Å². The number of rotatable bonds is 5. The van der Waals surface area contributed by atoms with Crippen molar-refractivity contribution in [3.8, 4) is 5.75 Å². The number of nitrogens with zero attached hydrogens (tertiary/aromatic N) is 1. The average Bonchev–Trinajstić information content (AvgIpc) is 2.61. The van der Waals surface area contributed by atoms with E-state index in [1.807, 2.05) is 61.5 Å². The van der Waals surface area contributed by atoms with Crippen LogP contribution in [0.25, 0.3) is 10.9 Å². The molecule has 0 aliphatic carbocycles. The molecule has 0 saturated heterocycles. The van der Waals surface area contributed by atoms with Gasteiger partial charge in [0.25, 0.3) is 5.91 Å². The van der Waals surface area contributed by atoms with Crippen LogP contribution in [-0.4, -0.2) is 24.5 Å². The second kappa shape index (κ2) is 7.13. The number of ether oxygens (including phenoxy) is 1. The molecular weight excluding hydrogens is 300 g/mol. The van der Waals surface area contributed by atoms with Crippen LogP contribution in [0.4, 0.5) is 0 Å². The smallest absolute Gasteiger partial charge is 0.252 e. The van der Waals surface area contributed by atoms with Crippen LogP contribution in [0.15, 0.2) is 54.6 Å². The Balaban J connectivity index is 1.69. The summed E-state index contributed by atoms with van der Waals surface area (Å²) in [7, 11) is 1.65. The zero-order chi connectivity index (χ0) is 16.9. The van der Waals surface area contributed by atoms with E-state index in [9.17, 15) is 4.79 Å². The van der Waals surface area contributed by atoms with Crippen molar-refractivity contribution in [2.75, 3.05) is 13.7 Å². The number of aryl methyl sites for hydroxylation is 1. The van der Waals surface area contributed by atoms with Crippen molar-refractivity contribution in [1.29, 1.82) is 0 Å². The van der Waals surface area contributed by atoms with Crippen molar-refractivity contribution >= 4 is 16.8 Å². The van der Waals surface area contributed by atoms with Gasteiger partial charge in [-0.15, -0.1) is 0 Å². The summed E-state index contributed by atoms with van der Waals surface area (Å²) in [5, 5.41) is 3.88. The Morgan fingerprint density at radius 3 is 2.62 bits per heavy atom. The van der Waals surface area contributed by atoms with Crippen molar-refractivity contribution in [3.63, 3.8) is 0 Å². The lowest BCUT2D eigenvalue weighted by atomic mass is 10.1. The van der Waals surface area contributed by atoms with Gasteiger partial charge in [0.1, 0.15) is 5.75 Å². The number of hydrogen-bond donors (Lipinski definition) is 1. The van der Waals surface area contributed by atoms with E-state index in [0.717, 1.165) is 34.3 Å². The molecule has 0 fully saturated rings. The second-order valence-corrected chi connectivity index (χ2v) is 5.68. The lowest BCUT2D eigenvalue weighted by Gasteiger charge is -2.09. The third kappa shape index (κ3) is 3.54. The maximum atomic E-state index is 12.5. The molecule has 3 aromatic rings. The molecule has 1 heterocycles. The summed E-state index contributed by atoms with van der Waals surface area (Å²) >= 11 is 0. The molecule has 0 spiro atoms. The predicted octanol–water partition coefficient (Wildman–Crippen LogP) is 3.52. The standard InChI is InChI=1S/C20H20N2O2/c1-14-13-18(17-5-3-4-6-19(17)22-14)20(23)21-12-11-15-7-9-16(24-2)10-8-15/h3-10,13H,11-12H2,1-2H3,(H,21,23). The normalized spacial score (nSPS) is 10.6. The van der Waals surface area contributed by atoms with Gasteiger partial charge in [-0.2, -0.15) is 0 Å². The Hall–Kier alpha value is -2.88. The van der Waals surface area contributed by atoms with Gasteiger partial charge in [0, 0.05) is 17.6 Å². The molecule has 0 bridgehead atoms. The highest BCUT2D eigenvalue weighted by Gasteiger charge is 2.11. The molecule has 0 radical (unpaired) electrons. The monoisotopic (exact) mass is 320 g/mol. The van der Waals surface area contributed by atoms with E-state index in [4.69, 9.17) is 4.74 Å². The summed E-state index contributed by atoms with van der Waals surface area (Å²) in [6, 6.07) is 17.4. The number of hydrogen-bond acceptors (Lipinski definition) is 3. The summed E-state index contributed by atoms with van der Waals surface area (Å²) < 4.78 is 5.15. The fourth-order valence-corrected chi connectivity index (χ4v) is 2.70. The van der Waals surface area contributed by atoms with Crippen molar-refractivity contribution in [1.82, 2.24) is 10.3 Å². The summed E-state index contributed by atoms with van der Waals surface area (Å²) in [4.78, 5) is 17.0. The zero-order valence-corrected chi connectivity index (χ0v) is 13.9. The highest BCUT2D eigenvalue weighted by molar-refractivity contribution is 6.06. The van der Waals surface area contributed by atoms with E-state index < -0.39 is 0 Å². The molecule has 0 saturated carbocycles. The van der Waals surface area contributed by atoms with Crippen LogP contribution >= 0.6 is 0 Å². The topological polar surface area (TPSA) is 51.2 Å². The number of amides is 1. The van der Waals surface area contributed by atoms with E-state index in [-0.39, 0.29) is 5.91 Å². The number of para-hydroxylation sites is 1. The summed E-state index contributed by atoms with van der Waals surface area (Å²) in [5.41, 5.74) is 3.52. The first-order valence-corrected chi connectivity index (χ1v) is 7.95. The molecule has 1 N–H and O–H groups in total. The fourth-order valence-electron chi connectivity index (χ4n) is 2.70. The van der Waals surface area contributed by atoms with Crippen LogP contribution < -0.4 is 10.1 Å². The lowest BCUT2D eigenvalue weighted by molar-refractivity contribution is 0.0955. The molecule has 24 heavy (non-hydrogen) atoms. The molecule has 1 aromatic heterocycles. The van der Waals surface area contributed by atoms with Gasteiger partial charge in [-0.1, -0.05) is 30.3 Å². The summed E-state index contributed by atoms with van der Waals surface area (Å²) in [6.45, 7) is 2.49. The lowest BCUT2D eigenvalue weighted by Crippen LogP contribution is -2.26. The molecule has 0 atom stereocenters. The number of aromatic nitrogens is 1. The minimum Gasteiger partial charge on any atom is -0.497 e. The van der Waals surface area contributed by atoms with Crippen molar-refractivity contribution in [2.45, 2.75) is 13.3 Å². The Bertz CT molecular complexity index is 857. The molecular formula is C20H20N2O2. The van der Waals surface area contributed by atoms with Gasteiger partial charge in [-0.25, -0.2) is 0 Å². The Morgan fingerprint density at radius 2 is 1.88 bits per heavy atom. The van der Waals surface area contributed by atoms with Crippen molar-refractivity contribution in [3.05, 3.63) is 71.4 Å². The molecule has 4 heteroatoms. The molecule has 0 aliphatic heterocycles. The van der Waals surface area contributed by atoms with Gasteiger partial charge >= 0.3 is 0 Å². The van der Waals surface area contributed by atoms with Crippen LogP contribution in [0.1, 0.15) is 21.6 Å². The second-order valence-electron chi connectivity index (χ2n) is 5.68. The van der Waals surface area contributed by atoms with Gasteiger partial charge in [0.05, 0.1) is 18.2 Å². The van der Waals surface area contributed by atoms with E-state index in [2.05, 4.69) is 10.3 Å². The summed E-state index contributed by atoms with van der Waals surface area (Å²) in [5.74, 6) is 0.770. The first-order chi connectivity index (χ1) is 11.7. The molecule has 122 valence electrons. The van der Waals surface area contributed by atoms with E-state index >= 15 is 0 Å². The van der Waals surface area contributed by atoms with E-state index in [0.29, 0.717) is 12.1 Å². The number of carbonyl (C=O) groups excluding carboxylic acids is 1. The zero-order valence-electron chi connectivity index (χ0n) is 13.9. The Morgan fingerprint density at radius 1 is 1.12 bits per heavy atom. The van der Waals surface area contributed by atoms with Gasteiger partial charge in [0.2, 0.25) is 0 Å². The third-order valence-electron chi connectivity index (χ3n) is 3.95. The minimum absolute atomic E-state index is 0.0646. The molecule has 1 amide bonds. The predicted molar refractivity (Wildman–Crippen MR) is 95.5 cm³/mol. The fraction of sp³-hybridized carbons (Fsp3) is 0.200. The number of fused-ring (bicyclic) bond motifs is 1. The van der Waals surface area contributed by atoms with E-state index in [1.165, 1.54) is 0 Å². The third-order valence-corrected chi connectivity index (χ3v) is 3.95. The number of pyridine rings is 1. The minimum atomic E-state index is -0.0646. The van der Waals surface area contributed by atoms with Crippen LogP contribution in [-0.2, 0) is 6.42 Å². The van der Waals surface area contributed by atoms with Crippen LogP contribution in [0.2, 0.25) is 0 Å². The first kappa shape index (κ1) is 16.0. The average molecular weight is 320 g/mol. The van der Waals surface area contributed by atoms with Gasteiger partial charge in [-0.05, 0) is 43.2 Å². The number of methoxy groups -OCH3 is 1. The number of benzene rings is 2. The maximum absolute atomic E-state index is 12.5. The first-order valence-electron chi connectivity index (χ1n) is 7.95. The quantitative estimate of drug-likeness (QED) is 0.782. The van der Waals surface area contributed by atoms with Crippen molar-refractivity contribution < 1.29 is 9.53 Å². The highest BCUT2D eigenvalue weighted by Crippen LogP contribution is 2.18. The SMILES string of the molecule is COc1ccc(CCNC(=O)c2cc(C)nc3ccccc23)cc1. The van der Waals surface area contributed by atoms with Gasteiger partial charge in [-0.3, -0.25) is 9.78 Å².